The maximum atomic E-state index is 14.0. The molecule has 0 saturated heterocycles. The third-order valence-electron chi connectivity index (χ3n) is 3.47. The van der Waals surface area contributed by atoms with Crippen LogP contribution in [-0.4, -0.2) is 24.2 Å². The second-order valence-corrected chi connectivity index (χ2v) is 4.85. The van der Waals surface area contributed by atoms with Crippen LogP contribution in [0.3, 0.4) is 0 Å². The minimum atomic E-state index is -0.342. The molecule has 0 saturated carbocycles. The number of para-hydroxylation sites is 2. The van der Waals surface area contributed by atoms with Crippen molar-refractivity contribution in [2.45, 2.75) is 19.1 Å². The molecule has 1 aromatic carbocycles. The summed E-state index contributed by atoms with van der Waals surface area (Å²) in [7, 11) is 0. The van der Waals surface area contributed by atoms with Crippen molar-refractivity contribution < 1.29 is 13.9 Å². The van der Waals surface area contributed by atoms with E-state index in [4.69, 9.17) is 9.47 Å². The Morgan fingerprint density at radius 2 is 2.14 bits per heavy atom. The Bertz CT molecular complexity index is 621. The maximum absolute atomic E-state index is 14.0. The second-order valence-electron chi connectivity index (χ2n) is 4.85. The van der Waals surface area contributed by atoms with Crippen LogP contribution in [0.25, 0.3) is 0 Å². The molecule has 1 aliphatic rings. The number of fused-ring (bicyclic) bond motifs is 1. The fourth-order valence-corrected chi connectivity index (χ4v) is 2.50. The number of nitrogens with one attached hydrogen (secondary N) is 1. The van der Waals surface area contributed by atoms with E-state index in [-0.39, 0.29) is 18.0 Å². The van der Waals surface area contributed by atoms with Crippen molar-refractivity contribution in [1.29, 1.82) is 0 Å². The first kappa shape index (κ1) is 13.8. The zero-order chi connectivity index (χ0) is 14.7. The summed E-state index contributed by atoms with van der Waals surface area (Å²) in [5.74, 6) is 1.07. The van der Waals surface area contributed by atoms with Gasteiger partial charge in [0, 0.05) is 11.8 Å². The number of rotatable bonds is 4. The largest absolute Gasteiger partial charge is 0.486 e. The predicted molar refractivity (Wildman–Crippen MR) is 77.0 cm³/mol. The first-order chi connectivity index (χ1) is 10.3. The molecule has 0 amide bonds. The first-order valence-electron chi connectivity index (χ1n) is 7.01. The fourth-order valence-electron chi connectivity index (χ4n) is 2.50. The standard InChI is InChI=1S/C16H17FN2O2/c1-2-19-16(11-7-8-18-9-12(11)17)15-10-20-13-5-3-4-6-14(13)21-15/h3-9,15-16,19H,2,10H2,1H3. The molecule has 2 atom stereocenters. The van der Waals surface area contributed by atoms with Crippen molar-refractivity contribution >= 4 is 0 Å². The SMILES string of the molecule is CCNC(c1ccncc1F)C1COc2ccccc2O1. The molecule has 0 radical (unpaired) electrons. The lowest BCUT2D eigenvalue weighted by Crippen LogP contribution is -2.42. The molecule has 110 valence electrons. The Morgan fingerprint density at radius 3 is 2.90 bits per heavy atom. The van der Waals surface area contributed by atoms with Gasteiger partial charge in [-0.3, -0.25) is 4.98 Å². The molecule has 1 N–H and O–H groups in total. The average Bonchev–Trinajstić information content (AvgIpc) is 2.53. The number of benzene rings is 1. The molecular weight excluding hydrogens is 271 g/mol. The number of aromatic nitrogens is 1. The van der Waals surface area contributed by atoms with Crippen LogP contribution in [0.15, 0.2) is 42.7 Å². The van der Waals surface area contributed by atoms with Gasteiger partial charge in [-0.1, -0.05) is 19.1 Å². The summed E-state index contributed by atoms with van der Waals surface area (Å²) in [4.78, 5) is 3.79. The van der Waals surface area contributed by atoms with Crippen molar-refractivity contribution in [2.24, 2.45) is 0 Å². The monoisotopic (exact) mass is 288 g/mol. The molecule has 4 nitrogen and oxygen atoms in total. The molecule has 0 aliphatic carbocycles. The van der Waals surface area contributed by atoms with Gasteiger partial charge in [-0.05, 0) is 24.7 Å². The number of hydrogen-bond donors (Lipinski definition) is 1. The molecule has 2 aromatic rings. The molecule has 3 rings (SSSR count). The van der Waals surface area contributed by atoms with Crippen molar-refractivity contribution in [1.82, 2.24) is 10.3 Å². The van der Waals surface area contributed by atoms with Crippen LogP contribution in [0.2, 0.25) is 0 Å². The van der Waals surface area contributed by atoms with E-state index in [9.17, 15) is 4.39 Å². The topological polar surface area (TPSA) is 43.4 Å². The molecular formula is C16H17FN2O2. The highest BCUT2D eigenvalue weighted by Crippen LogP contribution is 2.34. The lowest BCUT2D eigenvalue weighted by atomic mass is 10.0. The summed E-state index contributed by atoms with van der Waals surface area (Å²) < 4.78 is 25.7. The summed E-state index contributed by atoms with van der Waals surface area (Å²) in [5, 5.41) is 3.27. The smallest absolute Gasteiger partial charge is 0.161 e. The summed E-state index contributed by atoms with van der Waals surface area (Å²) >= 11 is 0. The zero-order valence-corrected chi connectivity index (χ0v) is 11.8. The highest BCUT2D eigenvalue weighted by Gasteiger charge is 2.31. The van der Waals surface area contributed by atoms with E-state index in [1.54, 1.807) is 12.3 Å². The molecule has 0 spiro atoms. The van der Waals surface area contributed by atoms with Crippen molar-refractivity contribution in [3.63, 3.8) is 0 Å². The fraction of sp³-hybridized carbons (Fsp3) is 0.312. The van der Waals surface area contributed by atoms with E-state index in [0.717, 1.165) is 5.75 Å². The summed E-state index contributed by atoms with van der Waals surface area (Å²) in [6.07, 6.45) is 2.51. The Labute approximate surface area is 122 Å². The van der Waals surface area contributed by atoms with Crippen LogP contribution >= 0.6 is 0 Å². The van der Waals surface area contributed by atoms with E-state index in [1.807, 2.05) is 31.2 Å². The van der Waals surface area contributed by atoms with Gasteiger partial charge in [0.25, 0.3) is 0 Å². The Balaban J connectivity index is 1.88. The van der Waals surface area contributed by atoms with Gasteiger partial charge < -0.3 is 14.8 Å². The Kier molecular flexibility index (Phi) is 4.01. The third-order valence-corrected chi connectivity index (χ3v) is 3.47. The molecule has 0 fully saturated rings. The van der Waals surface area contributed by atoms with Gasteiger partial charge in [0.2, 0.25) is 0 Å². The number of hydrogen-bond acceptors (Lipinski definition) is 4. The number of ether oxygens (including phenoxy) is 2. The van der Waals surface area contributed by atoms with Gasteiger partial charge >= 0.3 is 0 Å². The lowest BCUT2D eigenvalue weighted by molar-refractivity contribution is 0.0611. The van der Waals surface area contributed by atoms with Gasteiger partial charge in [0.15, 0.2) is 17.6 Å². The van der Waals surface area contributed by atoms with Crippen LogP contribution in [-0.2, 0) is 0 Å². The first-order valence-corrected chi connectivity index (χ1v) is 7.01. The predicted octanol–water partition coefficient (Wildman–Crippen LogP) is 2.71. The zero-order valence-electron chi connectivity index (χ0n) is 11.8. The van der Waals surface area contributed by atoms with Crippen molar-refractivity contribution in [3.8, 4) is 11.5 Å². The van der Waals surface area contributed by atoms with Gasteiger partial charge in [0.05, 0.1) is 12.2 Å². The lowest BCUT2D eigenvalue weighted by Gasteiger charge is -2.32. The number of likely N-dealkylation sites (N-methyl/N-ethyl adjacent to an activating group) is 1. The van der Waals surface area contributed by atoms with E-state index in [2.05, 4.69) is 10.3 Å². The van der Waals surface area contributed by atoms with E-state index in [1.165, 1.54) is 6.20 Å². The molecule has 5 heteroatoms. The quantitative estimate of drug-likeness (QED) is 0.939. The molecule has 21 heavy (non-hydrogen) atoms. The molecule has 2 heterocycles. The van der Waals surface area contributed by atoms with Crippen LogP contribution in [0, 0.1) is 5.82 Å². The van der Waals surface area contributed by atoms with Crippen LogP contribution in [0.4, 0.5) is 4.39 Å². The van der Waals surface area contributed by atoms with Crippen LogP contribution in [0.1, 0.15) is 18.5 Å². The number of halogens is 1. The van der Waals surface area contributed by atoms with Crippen LogP contribution in [0.5, 0.6) is 11.5 Å². The minimum Gasteiger partial charge on any atom is -0.486 e. The van der Waals surface area contributed by atoms with Gasteiger partial charge in [0.1, 0.15) is 12.4 Å². The molecule has 0 bridgehead atoms. The van der Waals surface area contributed by atoms with Crippen molar-refractivity contribution in [2.75, 3.05) is 13.2 Å². The highest BCUT2D eigenvalue weighted by molar-refractivity contribution is 5.41. The molecule has 2 unspecified atom stereocenters. The maximum Gasteiger partial charge on any atom is 0.161 e. The summed E-state index contributed by atoms with van der Waals surface area (Å²) in [6.45, 7) is 3.05. The third kappa shape index (κ3) is 2.83. The summed E-state index contributed by atoms with van der Waals surface area (Å²) in [6, 6.07) is 8.89. The molecule has 1 aromatic heterocycles. The Morgan fingerprint density at radius 1 is 1.33 bits per heavy atom. The van der Waals surface area contributed by atoms with E-state index in [0.29, 0.717) is 24.5 Å². The summed E-state index contributed by atoms with van der Waals surface area (Å²) in [5.41, 5.74) is 0.542. The minimum absolute atomic E-state index is 0.286. The average molecular weight is 288 g/mol. The number of nitrogens with zero attached hydrogens (tertiary/aromatic N) is 1. The van der Waals surface area contributed by atoms with E-state index >= 15 is 0 Å². The highest BCUT2D eigenvalue weighted by atomic mass is 19.1. The number of pyridine rings is 1. The van der Waals surface area contributed by atoms with Gasteiger partial charge in [-0.2, -0.15) is 0 Å². The molecule has 1 aliphatic heterocycles. The second kappa shape index (κ2) is 6.10. The van der Waals surface area contributed by atoms with Gasteiger partial charge in [-0.25, -0.2) is 4.39 Å². The Hall–Kier alpha value is -2.14. The van der Waals surface area contributed by atoms with Gasteiger partial charge in [-0.15, -0.1) is 0 Å². The normalized spacial score (nSPS) is 18.3. The van der Waals surface area contributed by atoms with Crippen LogP contribution < -0.4 is 14.8 Å². The van der Waals surface area contributed by atoms with Crippen molar-refractivity contribution in [3.05, 3.63) is 54.1 Å². The van der Waals surface area contributed by atoms with E-state index < -0.39 is 0 Å².